The largest absolute Gasteiger partial charge is 0.508 e. The number of nitrogens with one attached hydrogen (secondary N) is 1. The lowest BCUT2D eigenvalue weighted by atomic mass is 10.1. The highest BCUT2D eigenvalue weighted by molar-refractivity contribution is 6.05. The summed E-state index contributed by atoms with van der Waals surface area (Å²) in [6, 6.07) is 6.61. The Morgan fingerprint density at radius 2 is 2.22 bits per heavy atom. The van der Waals surface area contributed by atoms with Crippen molar-refractivity contribution in [3.8, 4) is 5.75 Å². The van der Waals surface area contributed by atoms with E-state index in [9.17, 15) is 9.90 Å². The molecular weight excluding hydrogens is 230 g/mol. The van der Waals surface area contributed by atoms with Gasteiger partial charge in [0.05, 0.1) is 5.69 Å². The molecule has 2 N–H and O–H groups in total. The van der Waals surface area contributed by atoms with Crippen LogP contribution in [0.25, 0.3) is 0 Å². The Bertz CT molecular complexity index is 549. The van der Waals surface area contributed by atoms with Crippen LogP contribution in [0.4, 0.5) is 5.69 Å². The Morgan fingerprint density at radius 1 is 1.44 bits per heavy atom. The van der Waals surface area contributed by atoms with Crippen LogP contribution >= 0.6 is 0 Å². The Hall–Kier alpha value is -2.30. The first-order valence-electron chi connectivity index (χ1n) is 5.74. The molecule has 0 fully saturated rings. The number of carbonyl (C=O) groups is 1. The smallest absolute Gasteiger partial charge is 0.276 e. The van der Waals surface area contributed by atoms with Crippen LogP contribution in [0.15, 0.2) is 30.5 Å². The second-order valence-electron chi connectivity index (χ2n) is 3.99. The van der Waals surface area contributed by atoms with Crippen LogP contribution in [0.1, 0.15) is 23.0 Å². The molecule has 0 saturated heterocycles. The fraction of sp³-hybridized carbons (Fsp3) is 0.231. The van der Waals surface area contributed by atoms with E-state index in [2.05, 4.69) is 10.2 Å². The van der Waals surface area contributed by atoms with Crippen molar-refractivity contribution in [2.45, 2.75) is 13.8 Å². The van der Waals surface area contributed by atoms with Gasteiger partial charge < -0.3 is 10.0 Å². The van der Waals surface area contributed by atoms with E-state index in [1.165, 1.54) is 6.20 Å². The average molecular weight is 245 g/mol. The minimum absolute atomic E-state index is 0.145. The van der Waals surface area contributed by atoms with Gasteiger partial charge in [-0.3, -0.25) is 9.89 Å². The van der Waals surface area contributed by atoms with Crippen LogP contribution in [0.2, 0.25) is 0 Å². The molecule has 2 rings (SSSR count). The maximum atomic E-state index is 12.3. The van der Waals surface area contributed by atoms with E-state index in [0.29, 0.717) is 17.9 Å². The van der Waals surface area contributed by atoms with Gasteiger partial charge in [-0.15, -0.1) is 0 Å². The molecule has 0 spiro atoms. The lowest BCUT2D eigenvalue weighted by Gasteiger charge is -2.22. The molecule has 0 aliphatic heterocycles. The van der Waals surface area contributed by atoms with Gasteiger partial charge >= 0.3 is 0 Å². The molecule has 0 bridgehead atoms. The van der Waals surface area contributed by atoms with Crippen molar-refractivity contribution in [2.24, 2.45) is 0 Å². The first kappa shape index (κ1) is 12.2. The second-order valence-corrected chi connectivity index (χ2v) is 3.99. The summed E-state index contributed by atoms with van der Waals surface area (Å²) < 4.78 is 0. The molecule has 5 heteroatoms. The van der Waals surface area contributed by atoms with E-state index in [4.69, 9.17) is 0 Å². The summed E-state index contributed by atoms with van der Waals surface area (Å²) in [6.07, 6.45) is 1.54. The van der Waals surface area contributed by atoms with Crippen LogP contribution in [0.5, 0.6) is 5.75 Å². The zero-order valence-electron chi connectivity index (χ0n) is 10.3. The molecule has 0 aliphatic rings. The summed E-state index contributed by atoms with van der Waals surface area (Å²) >= 11 is 0. The van der Waals surface area contributed by atoms with E-state index >= 15 is 0 Å². The molecule has 1 aromatic heterocycles. The third-order valence-electron chi connectivity index (χ3n) is 2.78. The number of rotatable bonds is 3. The normalized spacial score (nSPS) is 10.3. The van der Waals surface area contributed by atoms with Crippen molar-refractivity contribution < 1.29 is 9.90 Å². The van der Waals surface area contributed by atoms with Crippen molar-refractivity contribution in [2.75, 3.05) is 11.4 Å². The monoisotopic (exact) mass is 245 g/mol. The quantitative estimate of drug-likeness (QED) is 0.870. The second kappa shape index (κ2) is 4.91. The van der Waals surface area contributed by atoms with Gasteiger partial charge in [-0.2, -0.15) is 5.10 Å². The first-order chi connectivity index (χ1) is 8.63. The Kier molecular flexibility index (Phi) is 3.32. The summed E-state index contributed by atoms with van der Waals surface area (Å²) in [6.45, 7) is 4.30. The number of anilines is 1. The number of nitrogens with zero attached hydrogens (tertiary/aromatic N) is 2. The minimum atomic E-state index is -0.163. The van der Waals surface area contributed by atoms with Crippen molar-refractivity contribution in [1.29, 1.82) is 0 Å². The third kappa shape index (κ3) is 2.20. The van der Waals surface area contributed by atoms with Crippen molar-refractivity contribution >= 4 is 11.6 Å². The summed E-state index contributed by atoms with van der Waals surface area (Å²) in [5.74, 6) is -0.0184. The van der Waals surface area contributed by atoms with Crippen LogP contribution in [-0.2, 0) is 0 Å². The predicted molar refractivity (Wildman–Crippen MR) is 68.8 cm³/mol. The summed E-state index contributed by atoms with van der Waals surface area (Å²) in [5, 5.41) is 16.0. The van der Waals surface area contributed by atoms with Crippen molar-refractivity contribution in [3.63, 3.8) is 0 Å². The molecule has 0 saturated carbocycles. The number of aromatic hydroxyl groups is 1. The number of hydrogen-bond donors (Lipinski definition) is 2. The molecule has 94 valence electrons. The van der Waals surface area contributed by atoms with E-state index in [-0.39, 0.29) is 11.7 Å². The Labute approximate surface area is 105 Å². The van der Waals surface area contributed by atoms with Crippen LogP contribution < -0.4 is 4.90 Å². The minimum Gasteiger partial charge on any atom is -0.508 e. The van der Waals surface area contributed by atoms with Gasteiger partial charge in [0.15, 0.2) is 0 Å². The molecule has 18 heavy (non-hydrogen) atoms. The molecular formula is C13H15N3O2. The predicted octanol–water partition coefficient (Wildman–Crippen LogP) is 2.09. The molecule has 0 atom stereocenters. The zero-order chi connectivity index (χ0) is 13.1. The van der Waals surface area contributed by atoms with Gasteiger partial charge in [-0.1, -0.05) is 6.07 Å². The van der Waals surface area contributed by atoms with Gasteiger partial charge in [0.1, 0.15) is 11.4 Å². The van der Waals surface area contributed by atoms with Gasteiger partial charge in [0, 0.05) is 18.8 Å². The van der Waals surface area contributed by atoms with Crippen molar-refractivity contribution in [1.82, 2.24) is 10.2 Å². The van der Waals surface area contributed by atoms with Gasteiger partial charge in [0.2, 0.25) is 0 Å². The van der Waals surface area contributed by atoms with Crippen LogP contribution in [0.3, 0.4) is 0 Å². The fourth-order valence-corrected chi connectivity index (χ4v) is 1.83. The van der Waals surface area contributed by atoms with Crippen molar-refractivity contribution in [3.05, 3.63) is 41.7 Å². The lowest BCUT2D eigenvalue weighted by molar-refractivity contribution is 0.0983. The molecule has 0 radical (unpaired) electrons. The molecule has 1 amide bonds. The van der Waals surface area contributed by atoms with Crippen LogP contribution in [-0.4, -0.2) is 27.8 Å². The molecule has 1 heterocycles. The van der Waals surface area contributed by atoms with Crippen LogP contribution in [0, 0.1) is 6.92 Å². The van der Waals surface area contributed by atoms with E-state index in [1.54, 1.807) is 29.2 Å². The molecule has 2 aromatic rings. The third-order valence-corrected chi connectivity index (χ3v) is 2.78. The number of hydrogen-bond acceptors (Lipinski definition) is 3. The first-order valence-corrected chi connectivity index (χ1v) is 5.74. The van der Waals surface area contributed by atoms with E-state index in [0.717, 1.165) is 5.56 Å². The lowest BCUT2D eigenvalue weighted by Crippen LogP contribution is -2.31. The summed E-state index contributed by atoms with van der Waals surface area (Å²) in [4.78, 5) is 13.9. The molecule has 0 unspecified atom stereocenters. The fourth-order valence-electron chi connectivity index (χ4n) is 1.83. The standard InChI is InChI=1S/C13H15N3O2/c1-3-16(13(18)11-6-7-14-15-11)12-8-10(17)5-4-9(12)2/h4-8,17H,3H2,1-2H3,(H,14,15). The number of amides is 1. The van der Waals surface area contributed by atoms with E-state index < -0.39 is 0 Å². The van der Waals surface area contributed by atoms with E-state index in [1.807, 2.05) is 13.8 Å². The number of benzene rings is 1. The topological polar surface area (TPSA) is 69.2 Å². The zero-order valence-corrected chi connectivity index (χ0v) is 10.3. The molecule has 5 nitrogen and oxygen atoms in total. The molecule has 0 aliphatic carbocycles. The Morgan fingerprint density at radius 3 is 2.83 bits per heavy atom. The highest BCUT2D eigenvalue weighted by Gasteiger charge is 2.19. The SMILES string of the molecule is CCN(C(=O)c1ccn[nH]1)c1cc(O)ccc1C. The summed E-state index contributed by atoms with van der Waals surface area (Å²) in [5.41, 5.74) is 2.07. The van der Waals surface area contributed by atoms with Gasteiger partial charge in [-0.05, 0) is 31.5 Å². The maximum absolute atomic E-state index is 12.3. The van der Waals surface area contributed by atoms with Gasteiger partial charge in [-0.25, -0.2) is 0 Å². The number of aromatic amines is 1. The maximum Gasteiger partial charge on any atom is 0.276 e. The number of phenols is 1. The number of H-pyrrole nitrogens is 1. The number of aromatic nitrogens is 2. The molecule has 1 aromatic carbocycles. The Balaban J connectivity index is 2.39. The average Bonchev–Trinajstić information content (AvgIpc) is 2.88. The van der Waals surface area contributed by atoms with Gasteiger partial charge in [0.25, 0.3) is 5.91 Å². The summed E-state index contributed by atoms with van der Waals surface area (Å²) in [7, 11) is 0. The highest BCUT2D eigenvalue weighted by Crippen LogP contribution is 2.25. The number of carbonyl (C=O) groups excluding carboxylic acids is 1. The number of phenolic OH excluding ortho intramolecular Hbond substituents is 1. The highest BCUT2D eigenvalue weighted by atomic mass is 16.3. The number of aryl methyl sites for hydroxylation is 1.